The van der Waals surface area contributed by atoms with Crippen molar-refractivity contribution >= 4 is 11.6 Å². The molecule has 1 amide bonds. The summed E-state index contributed by atoms with van der Waals surface area (Å²) in [6, 6.07) is 14.0. The van der Waals surface area contributed by atoms with Crippen LogP contribution in [0.1, 0.15) is 41.9 Å². The fourth-order valence-electron chi connectivity index (χ4n) is 6.25. The van der Waals surface area contributed by atoms with Crippen molar-refractivity contribution in [3.8, 4) is 11.3 Å². The number of alkyl halides is 3. The zero-order valence-electron chi connectivity index (χ0n) is 23.7. The maximum Gasteiger partial charge on any atom is 0.396 e. The molecule has 3 heterocycles. The van der Waals surface area contributed by atoms with Crippen molar-refractivity contribution < 1.29 is 23.1 Å². The number of fused-ring (bicyclic) bond motifs is 2. The van der Waals surface area contributed by atoms with E-state index in [1.165, 1.54) is 55.7 Å². The summed E-state index contributed by atoms with van der Waals surface area (Å²) < 4.78 is 44.1. The highest BCUT2D eigenvalue weighted by atomic mass is 19.4. The highest BCUT2D eigenvalue weighted by Gasteiger charge is 2.43. The summed E-state index contributed by atoms with van der Waals surface area (Å²) in [4.78, 5) is 31.9. The number of nitrogens with one attached hydrogen (secondary N) is 1. The van der Waals surface area contributed by atoms with Crippen LogP contribution < -0.4 is 10.9 Å². The second kappa shape index (κ2) is 11.2. The number of halogens is 3. The molecule has 2 aromatic heterocycles. The quantitative estimate of drug-likeness (QED) is 0.340. The molecule has 2 aliphatic rings. The lowest BCUT2D eigenvalue weighted by atomic mass is 9.90. The third-order valence-electron chi connectivity index (χ3n) is 8.83. The molecule has 2 atom stereocenters. The Kier molecular flexibility index (Phi) is 7.59. The summed E-state index contributed by atoms with van der Waals surface area (Å²) in [6.45, 7) is 0.0950. The molecule has 0 spiro atoms. The maximum absolute atomic E-state index is 13.8. The van der Waals surface area contributed by atoms with Gasteiger partial charge in [0.05, 0.1) is 30.0 Å². The second-order valence-electron chi connectivity index (χ2n) is 11.6. The van der Waals surface area contributed by atoms with E-state index in [0.717, 1.165) is 18.4 Å². The zero-order valence-corrected chi connectivity index (χ0v) is 23.7. The number of nitrogens with zero attached hydrogens (tertiary/aromatic N) is 5. The monoisotopic (exact) mass is 594 g/mol. The van der Waals surface area contributed by atoms with E-state index in [9.17, 15) is 27.9 Å². The molecule has 4 aromatic rings. The van der Waals surface area contributed by atoms with Crippen molar-refractivity contribution in [3.05, 3.63) is 88.1 Å². The molecule has 226 valence electrons. The lowest BCUT2D eigenvalue weighted by Crippen LogP contribution is -2.50. The molecule has 1 aliphatic carbocycles. The first-order valence-electron chi connectivity index (χ1n) is 14.4. The Morgan fingerprint density at radius 1 is 1.12 bits per heavy atom. The standard InChI is InChI=1S/C31H33F3N6O3/c1-35-24-14-21-7-8-22(13-23(21)15-24)26-17-36-28-29(42)39(19-37-40(26)28)18-30(43)9-11-38(12-10-30)27(41)16-25(31(32,33)34)20-5-3-2-4-6-20/h2-8,13,17,19,24-25,35,43H,9-12,14-16,18H2,1H3. The highest BCUT2D eigenvalue weighted by Crippen LogP contribution is 2.38. The topological polar surface area (TPSA) is 105 Å². The van der Waals surface area contributed by atoms with Gasteiger partial charge in [0.2, 0.25) is 11.6 Å². The average Bonchev–Trinajstić information content (AvgIpc) is 3.61. The summed E-state index contributed by atoms with van der Waals surface area (Å²) in [7, 11) is 1.95. The number of rotatable bonds is 7. The first-order valence-corrected chi connectivity index (χ1v) is 14.4. The Hall–Kier alpha value is -4.03. The van der Waals surface area contributed by atoms with Crippen LogP contribution in [-0.4, -0.2) is 73.0 Å². The zero-order chi connectivity index (χ0) is 30.4. The van der Waals surface area contributed by atoms with Crippen molar-refractivity contribution in [2.75, 3.05) is 20.1 Å². The number of amides is 1. The van der Waals surface area contributed by atoms with E-state index in [1.54, 1.807) is 12.3 Å². The number of imidazole rings is 1. The fraction of sp³-hybridized carbons (Fsp3) is 0.419. The number of piperidine rings is 1. The largest absolute Gasteiger partial charge is 0.396 e. The normalized spacial score (nSPS) is 19.0. The van der Waals surface area contributed by atoms with E-state index < -0.39 is 35.6 Å². The minimum atomic E-state index is -4.57. The van der Waals surface area contributed by atoms with Crippen LogP contribution >= 0.6 is 0 Å². The van der Waals surface area contributed by atoms with Gasteiger partial charge in [0.1, 0.15) is 6.33 Å². The Morgan fingerprint density at radius 3 is 2.53 bits per heavy atom. The van der Waals surface area contributed by atoms with Gasteiger partial charge in [-0.3, -0.25) is 14.2 Å². The van der Waals surface area contributed by atoms with Crippen LogP contribution in [0.5, 0.6) is 0 Å². The minimum Gasteiger partial charge on any atom is -0.388 e. The van der Waals surface area contributed by atoms with Crippen LogP contribution in [0.25, 0.3) is 16.9 Å². The molecule has 12 heteroatoms. The van der Waals surface area contributed by atoms with E-state index in [4.69, 9.17) is 0 Å². The van der Waals surface area contributed by atoms with E-state index in [-0.39, 0.29) is 43.7 Å². The molecule has 2 unspecified atom stereocenters. The van der Waals surface area contributed by atoms with Gasteiger partial charge < -0.3 is 15.3 Å². The summed E-state index contributed by atoms with van der Waals surface area (Å²) in [5, 5.41) is 19.1. The summed E-state index contributed by atoms with van der Waals surface area (Å²) in [5.74, 6) is -2.52. The summed E-state index contributed by atoms with van der Waals surface area (Å²) >= 11 is 0. The number of hydrogen-bond acceptors (Lipinski definition) is 6. The predicted octanol–water partition coefficient (Wildman–Crippen LogP) is 3.33. The number of aliphatic hydroxyl groups is 1. The second-order valence-corrected chi connectivity index (χ2v) is 11.6. The molecule has 0 radical (unpaired) electrons. The Labute approximate surface area is 246 Å². The lowest BCUT2D eigenvalue weighted by molar-refractivity contribution is -0.162. The van der Waals surface area contributed by atoms with Gasteiger partial charge in [-0.05, 0) is 55.5 Å². The Balaban J connectivity index is 1.13. The van der Waals surface area contributed by atoms with Gasteiger partial charge in [-0.1, -0.05) is 42.5 Å². The molecule has 0 bridgehead atoms. The summed E-state index contributed by atoms with van der Waals surface area (Å²) in [6.07, 6.45) is -0.163. The van der Waals surface area contributed by atoms with Crippen molar-refractivity contribution in [1.82, 2.24) is 29.4 Å². The number of benzene rings is 2. The van der Waals surface area contributed by atoms with Gasteiger partial charge in [-0.2, -0.15) is 18.3 Å². The van der Waals surface area contributed by atoms with Crippen molar-refractivity contribution in [2.45, 2.75) is 62.4 Å². The van der Waals surface area contributed by atoms with Crippen molar-refractivity contribution in [2.24, 2.45) is 0 Å². The third-order valence-corrected chi connectivity index (χ3v) is 8.83. The molecule has 1 fully saturated rings. The number of carbonyl (C=O) groups excluding carboxylic acids is 1. The van der Waals surface area contributed by atoms with Crippen molar-refractivity contribution in [3.63, 3.8) is 0 Å². The van der Waals surface area contributed by atoms with E-state index in [1.807, 2.05) is 13.1 Å². The first-order chi connectivity index (χ1) is 20.5. The van der Waals surface area contributed by atoms with Crippen LogP contribution in [0, 0.1) is 0 Å². The van der Waals surface area contributed by atoms with Crippen molar-refractivity contribution in [1.29, 1.82) is 0 Å². The molecule has 43 heavy (non-hydrogen) atoms. The number of likely N-dealkylation sites (N-methyl/N-ethyl adjacent to an activating group) is 1. The van der Waals surface area contributed by atoms with Crippen LogP contribution in [0.2, 0.25) is 0 Å². The van der Waals surface area contributed by atoms with Crippen LogP contribution in [0.15, 0.2) is 65.8 Å². The number of aromatic nitrogens is 4. The summed E-state index contributed by atoms with van der Waals surface area (Å²) in [5.41, 5.74) is 2.56. The third kappa shape index (κ3) is 5.81. The fourth-order valence-corrected chi connectivity index (χ4v) is 6.25. The van der Waals surface area contributed by atoms with Gasteiger partial charge in [0.15, 0.2) is 0 Å². The molecule has 1 aliphatic heterocycles. The molecular formula is C31H33F3N6O3. The molecule has 0 saturated carbocycles. The number of carbonyl (C=O) groups is 1. The van der Waals surface area contributed by atoms with Crippen LogP contribution in [-0.2, 0) is 24.2 Å². The van der Waals surface area contributed by atoms with Gasteiger partial charge in [-0.25, -0.2) is 9.50 Å². The van der Waals surface area contributed by atoms with E-state index in [0.29, 0.717) is 11.7 Å². The van der Waals surface area contributed by atoms with Gasteiger partial charge >= 0.3 is 6.18 Å². The molecule has 2 N–H and O–H groups in total. The molecular weight excluding hydrogens is 561 g/mol. The molecule has 2 aromatic carbocycles. The lowest BCUT2D eigenvalue weighted by Gasteiger charge is -2.39. The number of likely N-dealkylation sites (tertiary alicyclic amines) is 1. The van der Waals surface area contributed by atoms with Crippen LogP contribution in [0.3, 0.4) is 0 Å². The molecule has 6 rings (SSSR count). The Morgan fingerprint density at radius 2 is 1.84 bits per heavy atom. The van der Waals surface area contributed by atoms with E-state index >= 15 is 0 Å². The van der Waals surface area contributed by atoms with E-state index in [2.05, 4.69) is 27.5 Å². The smallest absolute Gasteiger partial charge is 0.388 e. The first kappa shape index (κ1) is 29.1. The molecule has 9 nitrogen and oxygen atoms in total. The number of hydrogen-bond donors (Lipinski definition) is 2. The SMILES string of the molecule is CNC1Cc2ccc(-c3cnc4c(=O)n(CC5(O)CCN(C(=O)CC(c6ccccc6)C(F)(F)F)CC5)cnn34)cc2C1. The van der Waals surface area contributed by atoms with Gasteiger partial charge in [0.25, 0.3) is 5.56 Å². The average molecular weight is 595 g/mol. The molecule has 1 saturated heterocycles. The predicted molar refractivity (Wildman–Crippen MR) is 154 cm³/mol. The van der Waals surface area contributed by atoms with Gasteiger partial charge in [0, 0.05) is 31.1 Å². The Bertz CT molecular complexity index is 1690. The van der Waals surface area contributed by atoms with Crippen LogP contribution in [0.4, 0.5) is 13.2 Å². The highest BCUT2D eigenvalue weighted by molar-refractivity contribution is 5.77. The maximum atomic E-state index is 13.8. The minimum absolute atomic E-state index is 0.0416. The van der Waals surface area contributed by atoms with Gasteiger partial charge in [-0.15, -0.1) is 0 Å².